The monoisotopic (exact) mass is 289 g/mol. The van der Waals surface area contributed by atoms with Gasteiger partial charge in [-0.15, -0.1) is 4.91 Å². The van der Waals surface area contributed by atoms with E-state index in [1.54, 1.807) is 13.2 Å². The number of aromatic nitrogens is 1. The van der Waals surface area contributed by atoms with Crippen molar-refractivity contribution in [2.24, 2.45) is 5.29 Å². The summed E-state index contributed by atoms with van der Waals surface area (Å²) in [7, 11) is 1.67. The lowest BCUT2D eigenvalue weighted by Gasteiger charge is -2.19. The molecule has 0 radical (unpaired) electrons. The van der Waals surface area contributed by atoms with Gasteiger partial charge >= 0.3 is 0 Å². The van der Waals surface area contributed by atoms with Crippen molar-refractivity contribution < 1.29 is 0 Å². The molecular weight excluding hydrogens is 274 g/mol. The highest BCUT2D eigenvalue weighted by Gasteiger charge is 2.16. The van der Waals surface area contributed by atoms with Crippen molar-refractivity contribution in [1.29, 1.82) is 0 Å². The molecule has 0 spiro atoms. The molecule has 0 aliphatic carbocycles. The third kappa shape index (κ3) is 3.78. The Kier molecular flexibility index (Phi) is 5.07. The summed E-state index contributed by atoms with van der Waals surface area (Å²) in [6.45, 7) is 0.577. The summed E-state index contributed by atoms with van der Waals surface area (Å²) in [6, 6.07) is 13.6. The molecule has 0 aliphatic heterocycles. The highest BCUT2D eigenvalue weighted by atomic mass is 35.5. The largest absolute Gasteiger partial charge is 0.264 e. The van der Waals surface area contributed by atoms with Crippen LogP contribution >= 0.6 is 11.6 Å². The molecule has 4 nitrogen and oxygen atoms in total. The van der Waals surface area contributed by atoms with E-state index in [1.165, 1.54) is 5.01 Å². The Morgan fingerprint density at radius 3 is 2.60 bits per heavy atom. The smallest absolute Gasteiger partial charge is 0.0521 e. The van der Waals surface area contributed by atoms with Crippen LogP contribution in [0.15, 0.2) is 53.9 Å². The lowest BCUT2D eigenvalue weighted by Crippen LogP contribution is -2.16. The minimum absolute atomic E-state index is 0.123. The molecule has 1 aromatic heterocycles. The van der Waals surface area contributed by atoms with E-state index in [0.29, 0.717) is 11.6 Å². The fourth-order valence-corrected chi connectivity index (χ4v) is 2.25. The van der Waals surface area contributed by atoms with Gasteiger partial charge in [0.25, 0.3) is 0 Å². The van der Waals surface area contributed by atoms with E-state index >= 15 is 0 Å². The van der Waals surface area contributed by atoms with Crippen LogP contribution in [0.3, 0.4) is 0 Å². The van der Waals surface area contributed by atoms with Crippen LogP contribution in [0.5, 0.6) is 0 Å². The SMILES string of the molecule is CN(CCC(c1ccc(Cl)cc1)c1ccccn1)N=O. The molecule has 0 amide bonds. The minimum atomic E-state index is 0.123. The normalized spacial score (nSPS) is 11.9. The average molecular weight is 290 g/mol. The van der Waals surface area contributed by atoms with Crippen molar-refractivity contribution in [3.05, 3.63) is 69.8 Å². The number of nitroso groups, excluding NO2 is 1. The first-order valence-corrected chi connectivity index (χ1v) is 6.79. The molecule has 0 fully saturated rings. The molecule has 104 valence electrons. The summed E-state index contributed by atoms with van der Waals surface area (Å²) in [5, 5.41) is 5.01. The first-order valence-electron chi connectivity index (χ1n) is 6.41. The molecular formula is C15H16ClN3O. The highest BCUT2D eigenvalue weighted by molar-refractivity contribution is 6.30. The Balaban J connectivity index is 2.24. The summed E-state index contributed by atoms with van der Waals surface area (Å²) >= 11 is 5.93. The van der Waals surface area contributed by atoms with Crippen molar-refractivity contribution in [2.75, 3.05) is 13.6 Å². The zero-order valence-electron chi connectivity index (χ0n) is 11.2. The van der Waals surface area contributed by atoms with Gasteiger partial charge in [0, 0.05) is 36.4 Å². The molecule has 0 saturated heterocycles. The van der Waals surface area contributed by atoms with Crippen LogP contribution in [0, 0.1) is 4.91 Å². The van der Waals surface area contributed by atoms with E-state index in [-0.39, 0.29) is 5.92 Å². The van der Waals surface area contributed by atoms with Crippen molar-refractivity contribution in [1.82, 2.24) is 9.99 Å². The second-order valence-electron chi connectivity index (χ2n) is 4.61. The molecule has 1 heterocycles. The Morgan fingerprint density at radius 1 is 1.25 bits per heavy atom. The molecule has 0 bridgehead atoms. The average Bonchev–Trinajstić information content (AvgIpc) is 2.50. The lowest BCUT2D eigenvalue weighted by molar-refractivity contribution is 0.336. The van der Waals surface area contributed by atoms with E-state index in [9.17, 15) is 4.91 Å². The predicted octanol–water partition coefficient (Wildman–Crippen LogP) is 3.87. The van der Waals surface area contributed by atoms with E-state index < -0.39 is 0 Å². The van der Waals surface area contributed by atoms with Crippen LogP contribution in [0.2, 0.25) is 5.02 Å². The zero-order chi connectivity index (χ0) is 14.4. The van der Waals surface area contributed by atoms with Gasteiger partial charge in [0.1, 0.15) is 0 Å². The van der Waals surface area contributed by atoms with E-state index in [1.807, 2.05) is 42.5 Å². The maximum atomic E-state index is 10.5. The van der Waals surface area contributed by atoms with E-state index in [0.717, 1.165) is 17.7 Å². The maximum absolute atomic E-state index is 10.5. The predicted molar refractivity (Wildman–Crippen MR) is 80.6 cm³/mol. The molecule has 2 aromatic rings. The van der Waals surface area contributed by atoms with Crippen molar-refractivity contribution >= 4 is 11.6 Å². The fourth-order valence-electron chi connectivity index (χ4n) is 2.12. The highest BCUT2D eigenvalue weighted by Crippen LogP contribution is 2.27. The van der Waals surface area contributed by atoms with Crippen LogP contribution in [0.25, 0.3) is 0 Å². The van der Waals surface area contributed by atoms with Gasteiger partial charge < -0.3 is 0 Å². The molecule has 20 heavy (non-hydrogen) atoms. The Labute approximate surface area is 123 Å². The van der Waals surface area contributed by atoms with Crippen LogP contribution in [0.4, 0.5) is 0 Å². The topological polar surface area (TPSA) is 45.6 Å². The first kappa shape index (κ1) is 14.5. The molecule has 0 aliphatic rings. The number of pyridine rings is 1. The summed E-state index contributed by atoms with van der Waals surface area (Å²) in [4.78, 5) is 14.9. The van der Waals surface area contributed by atoms with Crippen LogP contribution in [-0.2, 0) is 0 Å². The van der Waals surface area contributed by atoms with Gasteiger partial charge in [-0.25, -0.2) is 0 Å². The van der Waals surface area contributed by atoms with Gasteiger partial charge in [0.15, 0.2) is 0 Å². The summed E-state index contributed by atoms with van der Waals surface area (Å²) in [5.41, 5.74) is 2.11. The van der Waals surface area contributed by atoms with Gasteiger partial charge in [-0.05, 0) is 36.2 Å². The lowest BCUT2D eigenvalue weighted by atomic mass is 9.92. The number of hydrogen-bond donors (Lipinski definition) is 0. The number of halogens is 1. The van der Waals surface area contributed by atoms with Crippen molar-refractivity contribution in [3.8, 4) is 0 Å². The molecule has 1 unspecified atom stereocenters. The number of benzene rings is 1. The van der Waals surface area contributed by atoms with Gasteiger partial charge in [-0.1, -0.05) is 29.8 Å². The Bertz CT molecular complexity index is 545. The van der Waals surface area contributed by atoms with E-state index in [2.05, 4.69) is 10.3 Å². The van der Waals surface area contributed by atoms with Gasteiger partial charge in [-0.2, -0.15) is 0 Å². The molecule has 0 N–H and O–H groups in total. The molecule has 1 aromatic carbocycles. The van der Waals surface area contributed by atoms with Gasteiger partial charge in [0.05, 0.1) is 5.29 Å². The Morgan fingerprint density at radius 2 is 2.00 bits per heavy atom. The standard InChI is InChI=1S/C15H16ClN3O/c1-19(18-20)11-9-14(15-4-2-3-10-17-15)12-5-7-13(16)8-6-12/h2-8,10,14H,9,11H2,1H3. The van der Waals surface area contributed by atoms with Crippen molar-refractivity contribution in [2.45, 2.75) is 12.3 Å². The first-order chi connectivity index (χ1) is 9.70. The molecule has 5 heteroatoms. The number of rotatable bonds is 6. The van der Waals surface area contributed by atoms with Gasteiger partial charge in [-0.3, -0.25) is 9.99 Å². The zero-order valence-corrected chi connectivity index (χ0v) is 12.0. The van der Waals surface area contributed by atoms with Crippen LogP contribution in [-0.4, -0.2) is 23.6 Å². The third-order valence-corrected chi connectivity index (χ3v) is 3.45. The Hall–Kier alpha value is -1.94. The quantitative estimate of drug-likeness (QED) is 0.599. The second-order valence-corrected chi connectivity index (χ2v) is 5.05. The summed E-state index contributed by atoms with van der Waals surface area (Å²) in [6.07, 6.45) is 2.54. The van der Waals surface area contributed by atoms with Crippen LogP contribution in [0.1, 0.15) is 23.6 Å². The minimum Gasteiger partial charge on any atom is -0.264 e. The maximum Gasteiger partial charge on any atom is 0.0521 e. The van der Waals surface area contributed by atoms with Crippen LogP contribution < -0.4 is 0 Å². The number of hydrogen-bond acceptors (Lipinski definition) is 3. The molecule has 1 atom stereocenters. The second kappa shape index (κ2) is 7.01. The fraction of sp³-hybridized carbons (Fsp3) is 0.267. The van der Waals surface area contributed by atoms with Crippen molar-refractivity contribution in [3.63, 3.8) is 0 Å². The molecule has 0 saturated carbocycles. The summed E-state index contributed by atoms with van der Waals surface area (Å²) in [5.74, 6) is 0.123. The third-order valence-electron chi connectivity index (χ3n) is 3.20. The van der Waals surface area contributed by atoms with E-state index in [4.69, 9.17) is 11.6 Å². The summed E-state index contributed by atoms with van der Waals surface area (Å²) < 4.78 is 0. The van der Waals surface area contributed by atoms with Gasteiger partial charge in [0.2, 0.25) is 0 Å². The number of nitrogens with zero attached hydrogens (tertiary/aromatic N) is 3. The molecule has 2 rings (SSSR count).